The Labute approximate surface area is 159 Å². The fraction of sp³-hybridized carbons (Fsp3) is 0.0500. The van der Waals surface area contributed by atoms with Gasteiger partial charge in [0.05, 0.1) is 28.6 Å². The molecule has 0 amide bonds. The quantitative estimate of drug-likeness (QED) is 0.521. The van der Waals surface area contributed by atoms with Gasteiger partial charge in [-0.1, -0.05) is 12.1 Å². The highest BCUT2D eigenvalue weighted by Crippen LogP contribution is 2.48. The summed E-state index contributed by atoms with van der Waals surface area (Å²) in [5, 5.41) is 3.78. The summed E-state index contributed by atoms with van der Waals surface area (Å²) in [5.41, 5.74) is 1.63. The Morgan fingerprint density at radius 1 is 0.963 bits per heavy atom. The smallest absolute Gasteiger partial charge is 0.180 e. The zero-order valence-corrected chi connectivity index (χ0v) is 14.9. The molecule has 0 saturated heterocycles. The van der Waals surface area contributed by atoms with Crippen LogP contribution in [-0.2, 0) is 4.84 Å². The van der Waals surface area contributed by atoms with Crippen molar-refractivity contribution in [3.8, 4) is 0 Å². The Hall–Kier alpha value is -3.45. The molecule has 132 valence electrons. The Morgan fingerprint density at radius 3 is 2.67 bits per heavy atom. The molecule has 0 aromatic carbocycles. The standard InChI is InChI=1S/C20H14N4O2S/c1-2-8-23-17(7-1)24-19(15-5-3-11-25-15)18(14-13-21-9-10-22-14)20(26-24)16-6-4-12-27-16/h1-13,19H. The molecule has 0 bridgehead atoms. The number of hydrogen-bond acceptors (Lipinski definition) is 7. The van der Waals surface area contributed by atoms with E-state index < -0.39 is 0 Å². The lowest BCUT2D eigenvalue weighted by Crippen LogP contribution is -2.24. The van der Waals surface area contributed by atoms with Crippen LogP contribution < -0.4 is 5.06 Å². The Bertz CT molecular complexity index is 1050. The number of nitrogens with zero attached hydrogens (tertiary/aromatic N) is 4. The minimum atomic E-state index is -0.330. The predicted molar refractivity (Wildman–Crippen MR) is 102 cm³/mol. The van der Waals surface area contributed by atoms with Gasteiger partial charge in [0.2, 0.25) is 0 Å². The van der Waals surface area contributed by atoms with Crippen LogP contribution in [0, 0.1) is 0 Å². The molecule has 0 N–H and O–H groups in total. The summed E-state index contributed by atoms with van der Waals surface area (Å²) >= 11 is 1.61. The van der Waals surface area contributed by atoms with Crippen LogP contribution in [0.4, 0.5) is 5.82 Å². The molecule has 4 aromatic rings. The van der Waals surface area contributed by atoms with Crippen LogP contribution in [-0.4, -0.2) is 15.0 Å². The summed E-state index contributed by atoms with van der Waals surface area (Å²) in [5.74, 6) is 2.16. The van der Waals surface area contributed by atoms with Crippen LogP contribution in [0.2, 0.25) is 0 Å². The van der Waals surface area contributed by atoms with Gasteiger partial charge in [0, 0.05) is 18.6 Å². The zero-order valence-electron chi connectivity index (χ0n) is 14.1. The van der Waals surface area contributed by atoms with Gasteiger partial charge in [-0.25, -0.2) is 4.98 Å². The Balaban J connectivity index is 1.73. The molecule has 1 unspecified atom stereocenters. The van der Waals surface area contributed by atoms with E-state index in [1.807, 2.05) is 47.8 Å². The molecule has 0 aliphatic carbocycles. The first-order valence-corrected chi connectivity index (χ1v) is 9.26. The van der Waals surface area contributed by atoms with E-state index in [9.17, 15) is 0 Å². The third kappa shape index (κ3) is 2.78. The maximum atomic E-state index is 6.33. The Morgan fingerprint density at radius 2 is 1.96 bits per heavy atom. The second-order valence-electron chi connectivity index (χ2n) is 5.83. The highest BCUT2D eigenvalue weighted by molar-refractivity contribution is 7.11. The van der Waals surface area contributed by atoms with Crippen molar-refractivity contribution in [2.24, 2.45) is 0 Å². The zero-order chi connectivity index (χ0) is 18.1. The van der Waals surface area contributed by atoms with E-state index >= 15 is 0 Å². The van der Waals surface area contributed by atoms with Crippen LogP contribution >= 0.6 is 11.3 Å². The molecular formula is C20H14N4O2S. The summed E-state index contributed by atoms with van der Waals surface area (Å²) in [6.07, 6.45) is 8.47. The van der Waals surface area contributed by atoms with E-state index in [-0.39, 0.29) is 6.04 Å². The third-order valence-electron chi connectivity index (χ3n) is 4.21. The van der Waals surface area contributed by atoms with E-state index in [0.717, 1.165) is 27.7 Å². The van der Waals surface area contributed by atoms with Gasteiger partial charge in [-0.3, -0.25) is 9.97 Å². The summed E-state index contributed by atoms with van der Waals surface area (Å²) in [4.78, 5) is 20.6. The van der Waals surface area contributed by atoms with E-state index in [1.54, 1.807) is 47.5 Å². The van der Waals surface area contributed by atoms with Crippen molar-refractivity contribution < 1.29 is 9.25 Å². The van der Waals surface area contributed by atoms with Crippen LogP contribution in [0.5, 0.6) is 0 Å². The number of hydroxylamine groups is 1. The van der Waals surface area contributed by atoms with E-state index in [4.69, 9.17) is 9.25 Å². The SMILES string of the molecule is c1ccc(N2OC(c3cccs3)=C(c3cnccn3)C2c2ccco2)nc1. The molecule has 4 aromatic heterocycles. The van der Waals surface area contributed by atoms with Crippen molar-refractivity contribution in [1.29, 1.82) is 0 Å². The van der Waals surface area contributed by atoms with E-state index in [1.165, 1.54) is 0 Å². The fourth-order valence-corrected chi connectivity index (χ4v) is 3.80. The number of hydrogen-bond donors (Lipinski definition) is 0. The van der Waals surface area contributed by atoms with Crippen molar-refractivity contribution in [2.75, 3.05) is 5.06 Å². The van der Waals surface area contributed by atoms with Crippen LogP contribution in [0.25, 0.3) is 11.3 Å². The largest absolute Gasteiger partial charge is 0.467 e. The van der Waals surface area contributed by atoms with Gasteiger partial charge in [-0.15, -0.1) is 11.3 Å². The van der Waals surface area contributed by atoms with Crippen LogP contribution in [0.1, 0.15) is 22.4 Å². The van der Waals surface area contributed by atoms with Crippen LogP contribution in [0.15, 0.2) is 83.3 Å². The normalized spacial score (nSPS) is 16.6. The first-order chi connectivity index (χ1) is 13.4. The number of furan rings is 1. The van der Waals surface area contributed by atoms with Gasteiger partial charge >= 0.3 is 0 Å². The molecule has 0 saturated carbocycles. The molecule has 1 aliphatic heterocycles. The lowest BCUT2D eigenvalue weighted by molar-refractivity contribution is 0.235. The number of pyridine rings is 1. The maximum absolute atomic E-state index is 6.33. The summed E-state index contributed by atoms with van der Waals surface area (Å²) in [6, 6.07) is 13.2. The molecule has 1 aliphatic rings. The molecule has 0 fully saturated rings. The lowest BCUT2D eigenvalue weighted by atomic mass is 10.00. The molecule has 1 atom stereocenters. The van der Waals surface area contributed by atoms with Crippen molar-refractivity contribution in [3.05, 3.63) is 95.2 Å². The number of rotatable bonds is 4. The van der Waals surface area contributed by atoms with Crippen molar-refractivity contribution in [2.45, 2.75) is 6.04 Å². The van der Waals surface area contributed by atoms with E-state index in [2.05, 4.69) is 15.0 Å². The second-order valence-corrected chi connectivity index (χ2v) is 6.78. The second kappa shape index (κ2) is 6.69. The van der Waals surface area contributed by atoms with Gasteiger partial charge < -0.3 is 9.25 Å². The Kier molecular flexibility index (Phi) is 3.91. The summed E-state index contributed by atoms with van der Waals surface area (Å²) in [6.45, 7) is 0. The monoisotopic (exact) mass is 374 g/mol. The lowest BCUT2D eigenvalue weighted by Gasteiger charge is -2.23. The van der Waals surface area contributed by atoms with Crippen LogP contribution in [0.3, 0.4) is 0 Å². The molecule has 0 radical (unpaired) electrons. The maximum Gasteiger partial charge on any atom is 0.180 e. The number of anilines is 1. The highest BCUT2D eigenvalue weighted by Gasteiger charge is 2.41. The minimum Gasteiger partial charge on any atom is -0.467 e. The van der Waals surface area contributed by atoms with Gasteiger partial charge in [0.25, 0.3) is 0 Å². The van der Waals surface area contributed by atoms with E-state index in [0.29, 0.717) is 5.82 Å². The van der Waals surface area contributed by atoms with Gasteiger partial charge in [-0.05, 0) is 35.7 Å². The summed E-state index contributed by atoms with van der Waals surface area (Å²) < 4.78 is 5.76. The van der Waals surface area contributed by atoms with Gasteiger partial charge in [0.1, 0.15) is 5.76 Å². The predicted octanol–water partition coefficient (Wildman–Crippen LogP) is 4.59. The molecule has 5 heterocycles. The topological polar surface area (TPSA) is 64.3 Å². The fourth-order valence-electron chi connectivity index (χ4n) is 3.09. The average molecular weight is 374 g/mol. The molecule has 0 spiro atoms. The molecule has 5 rings (SSSR count). The van der Waals surface area contributed by atoms with Crippen molar-refractivity contribution in [3.63, 3.8) is 0 Å². The molecule has 6 nitrogen and oxygen atoms in total. The molecule has 7 heteroatoms. The average Bonchev–Trinajstić information content (AvgIpc) is 3.49. The minimum absolute atomic E-state index is 0.330. The summed E-state index contributed by atoms with van der Waals surface area (Å²) in [7, 11) is 0. The first kappa shape index (κ1) is 15.8. The number of aromatic nitrogens is 3. The number of thiophene rings is 1. The third-order valence-corrected chi connectivity index (χ3v) is 5.08. The molecular weight excluding hydrogens is 360 g/mol. The van der Waals surface area contributed by atoms with Crippen molar-refractivity contribution in [1.82, 2.24) is 15.0 Å². The first-order valence-electron chi connectivity index (χ1n) is 8.38. The van der Waals surface area contributed by atoms with Gasteiger partial charge in [0.15, 0.2) is 17.6 Å². The molecule has 27 heavy (non-hydrogen) atoms. The van der Waals surface area contributed by atoms with Gasteiger partial charge in [-0.2, -0.15) is 5.06 Å². The van der Waals surface area contributed by atoms with Crippen molar-refractivity contribution >= 4 is 28.5 Å². The highest BCUT2D eigenvalue weighted by atomic mass is 32.1.